The van der Waals surface area contributed by atoms with E-state index in [-0.39, 0.29) is 0 Å². The van der Waals surface area contributed by atoms with Gasteiger partial charge in [0, 0.05) is 27.5 Å². The molecule has 0 bridgehead atoms. The Bertz CT molecular complexity index is 3120. The summed E-state index contributed by atoms with van der Waals surface area (Å²) in [5.41, 5.74) is 13.6. The summed E-state index contributed by atoms with van der Waals surface area (Å²) in [6.45, 7) is 0. The average Bonchev–Trinajstić information content (AvgIpc) is 3.60. The van der Waals surface area contributed by atoms with Gasteiger partial charge < -0.3 is 9.13 Å². The molecule has 53 heavy (non-hydrogen) atoms. The van der Waals surface area contributed by atoms with Gasteiger partial charge in [-0.25, -0.2) is 0 Å². The van der Waals surface area contributed by atoms with Crippen molar-refractivity contribution in [1.29, 1.82) is 0 Å². The molecule has 2 aromatic heterocycles. The molecule has 0 radical (unpaired) electrons. The summed E-state index contributed by atoms with van der Waals surface area (Å²) in [6, 6.07) is 62.4. The van der Waals surface area contributed by atoms with Crippen LogP contribution in [0.2, 0.25) is 0 Å². The highest BCUT2D eigenvalue weighted by Gasteiger charge is 2.19. The van der Waals surface area contributed by atoms with E-state index in [0.717, 1.165) is 12.1 Å². The summed E-state index contributed by atoms with van der Waals surface area (Å²) in [5, 5.41) is 8.95. The molecule has 0 aliphatic heterocycles. The van der Waals surface area contributed by atoms with Gasteiger partial charge in [-0.15, -0.1) is 0 Å². The maximum absolute atomic E-state index is 2.42. The minimum Gasteiger partial charge on any atom is -0.310 e. The Morgan fingerprint density at radius 2 is 0.981 bits per heavy atom. The zero-order chi connectivity index (χ0) is 34.9. The Morgan fingerprint density at radius 3 is 1.79 bits per heavy atom. The van der Waals surface area contributed by atoms with E-state index in [1.807, 2.05) is 0 Å². The van der Waals surface area contributed by atoms with Crippen LogP contribution in [-0.4, -0.2) is 9.13 Å². The van der Waals surface area contributed by atoms with E-state index >= 15 is 0 Å². The van der Waals surface area contributed by atoms with Crippen molar-refractivity contribution in [3.8, 4) is 33.6 Å². The van der Waals surface area contributed by atoms with Gasteiger partial charge in [0.1, 0.15) is 0 Å². The molecule has 0 N–H and O–H groups in total. The molecule has 8 aromatic carbocycles. The van der Waals surface area contributed by atoms with Crippen molar-refractivity contribution in [2.75, 3.05) is 0 Å². The predicted octanol–water partition coefficient (Wildman–Crippen LogP) is 13.5. The van der Waals surface area contributed by atoms with Gasteiger partial charge in [0.05, 0.1) is 22.2 Å². The third kappa shape index (κ3) is 4.66. The first-order valence-corrected chi connectivity index (χ1v) is 18.4. The van der Waals surface area contributed by atoms with Crippen LogP contribution in [0.15, 0.2) is 188 Å². The van der Waals surface area contributed by atoms with Crippen LogP contribution in [0.5, 0.6) is 0 Å². The quantitative estimate of drug-likeness (QED) is 0.164. The normalized spacial score (nSPS) is 12.7. The van der Waals surface area contributed by atoms with Gasteiger partial charge >= 0.3 is 0 Å². The molecule has 0 unspecified atom stereocenters. The summed E-state index contributed by atoms with van der Waals surface area (Å²) >= 11 is 0. The van der Waals surface area contributed by atoms with Gasteiger partial charge in [0.2, 0.25) is 0 Å². The van der Waals surface area contributed by atoms with Gasteiger partial charge in [-0.2, -0.15) is 0 Å². The fourth-order valence-corrected chi connectivity index (χ4v) is 8.72. The molecule has 0 fully saturated rings. The van der Waals surface area contributed by atoms with Crippen molar-refractivity contribution < 1.29 is 0 Å². The molecular formula is C51H34N2. The lowest BCUT2D eigenvalue weighted by Gasteiger charge is -2.13. The first kappa shape index (κ1) is 29.8. The molecule has 0 amide bonds. The highest BCUT2D eigenvalue weighted by atomic mass is 15.0. The molecule has 1 aliphatic rings. The number of hydrogen-bond acceptors (Lipinski definition) is 0. The molecule has 2 heterocycles. The topological polar surface area (TPSA) is 9.86 Å². The Hall–Kier alpha value is -6.90. The molecule has 1 aliphatic carbocycles. The van der Waals surface area contributed by atoms with E-state index in [1.165, 1.54) is 93.5 Å². The molecule has 2 nitrogen and oxygen atoms in total. The number of nitrogens with zero attached hydrogens (tertiary/aromatic N) is 2. The SMILES string of the molecule is C1=CCc2c(n(-c3ccccc3)c3ccc(-c4ccc5c(c4)c4ccccc4n5-c4ccc(-c5cc6ccccc6c6ccccc56)cc4)cc23)C=C1. The van der Waals surface area contributed by atoms with Crippen LogP contribution in [0, 0.1) is 0 Å². The van der Waals surface area contributed by atoms with Crippen LogP contribution < -0.4 is 0 Å². The lowest BCUT2D eigenvalue weighted by atomic mass is 9.93. The first-order chi connectivity index (χ1) is 26.3. The fourth-order valence-electron chi connectivity index (χ4n) is 8.72. The molecule has 0 spiro atoms. The van der Waals surface area contributed by atoms with E-state index in [1.54, 1.807) is 0 Å². The molecular weight excluding hydrogens is 641 g/mol. The second kappa shape index (κ2) is 11.8. The molecule has 10 aromatic rings. The van der Waals surface area contributed by atoms with Crippen LogP contribution in [0.4, 0.5) is 0 Å². The number of para-hydroxylation sites is 2. The summed E-state index contributed by atoms with van der Waals surface area (Å²) in [7, 11) is 0. The maximum Gasteiger partial charge on any atom is 0.0541 e. The Labute approximate surface area is 307 Å². The number of benzene rings is 8. The van der Waals surface area contributed by atoms with Gasteiger partial charge in [-0.05, 0) is 123 Å². The standard InChI is InChI=1S/C51H34N2/c1-3-14-38(15-4-1)52-48-21-6-2-5-19-43(48)46-31-35(25-29-50(46)52)36-26-30-51-47(32-36)44-20-11-12-22-49(44)53(51)39-27-23-34(24-28-39)45-33-37-13-7-8-16-40(37)41-17-9-10-18-42(41)45/h1-18,20-33H,19H2. The van der Waals surface area contributed by atoms with Crippen molar-refractivity contribution in [2.45, 2.75) is 6.42 Å². The lowest BCUT2D eigenvalue weighted by molar-refractivity contribution is 1.09. The Kier molecular flexibility index (Phi) is 6.65. The molecule has 0 saturated carbocycles. The third-order valence-electron chi connectivity index (χ3n) is 11.2. The van der Waals surface area contributed by atoms with Crippen molar-refractivity contribution in [1.82, 2.24) is 9.13 Å². The smallest absolute Gasteiger partial charge is 0.0541 e. The second-order valence-corrected chi connectivity index (χ2v) is 14.1. The minimum absolute atomic E-state index is 0.907. The van der Waals surface area contributed by atoms with Crippen LogP contribution in [0.3, 0.4) is 0 Å². The number of aromatic nitrogens is 2. The second-order valence-electron chi connectivity index (χ2n) is 14.1. The van der Waals surface area contributed by atoms with Crippen LogP contribution in [0.25, 0.3) is 94.0 Å². The zero-order valence-electron chi connectivity index (χ0n) is 29.1. The minimum atomic E-state index is 0.907. The van der Waals surface area contributed by atoms with Crippen LogP contribution in [-0.2, 0) is 6.42 Å². The van der Waals surface area contributed by atoms with Gasteiger partial charge in [-0.3, -0.25) is 0 Å². The molecule has 0 atom stereocenters. The van der Waals surface area contributed by atoms with Crippen LogP contribution >= 0.6 is 0 Å². The molecule has 11 rings (SSSR count). The zero-order valence-corrected chi connectivity index (χ0v) is 29.1. The summed E-state index contributed by atoms with van der Waals surface area (Å²) in [5.74, 6) is 0. The summed E-state index contributed by atoms with van der Waals surface area (Å²) in [6.07, 6.45) is 9.75. The highest BCUT2D eigenvalue weighted by Crippen LogP contribution is 2.40. The number of hydrogen-bond donors (Lipinski definition) is 0. The molecule has 2 heteroatoms. The van der Waals surface area contributed by atoms with E-state index in [0.29, 0.717) is 0 Å². The van der Waals surface area contributed by atoms with Gasteiger partial charge in [-0.1, -0.05) is 127 Å². The van der Waals surface area contributed by atoms with Gasteiger partial charge in [0.15, 0.2) is 0 Å². The van der Waals surface area contributed by atoms with Gasteiger partial charge in [0.25, 0.3) is 0 Å². The Balaban J connectivity index is 1.04. The fraction of sp³-hybridized carbons (Fsp3) is 0.0196. The van der Waals surface area contributed by atoms with E-state index in [9.17, 15) is 0 Å². The number of rotatable bonds is 4. The van der Waals surface area contributed by atoms with Crippen molar-refractivity contribution in [3.63, 3.8) is 0 Å². The molecule has 0 saturated heterocycles. The van der Waals surface area contributed by atoms with Crippen molar-refractivity contribution in [3.05, 3.63) is 199 Å². The lowest BCUT2D eigenvalue weighted by Crippen LogP contribution is -1.97. The maximum atomic E-state index is 2.42. The average molecular weight is 675 g/mol. The monoisotopic (exact) mass is 674 g/mol. The van der Waals surface area contributed by atoms with E-state index in [4.69, 9.17) is 0 Å². The molecule has 248 valence electrons. The van der Waals surface area contributed by atoms with E-state index < -0.39 is 0 Å². The van der Waals surface area contributed by atoms with Crippen molar-refractivity contribution >= 4 is 60.3 Å². The number of fused-ring (bicyclic) bond motifs is 9. The van der Waals surface area contributed by atoms with Crippen LogP contribution in [0.1, 0.15) is 11.3 Å². The highest BCUT2D eigenvalue weighted by molar-refractivity contribution is 6.14. The Morgan fingerprint density at radius 1 is 0.377 bits per heavy atom. The largest absolute Gasteiger partial charge is 0.310 e. The predicted molar refractivity (Wildman–Crippen MR) is 225 cm³/mol. The summed E-state index contributed by atoms with van der Waals surface area (Å²) < 4.78 is 4.82. The number of allylic oxidation sites excluding steroid dienone is 3. The van der Waals surface area contributed by atoms with Crippen molar-refractivity contribution in [2.24, 2.45) is 0 Å². The first-order valence-electron chi connectivity index (χ1n) is 18.4. The third-order valence-corrected chi connectivity index (χ3v) is 11.2. The van der Waals surface area contributed by atoms with E-state index in [2.05, 4.69) is 203 Å². The summed E-state index contributed by atoms with van der Waals surface area (Å²) in [4.78, 5) is 0.